The molecule has 0 aliphatic rings. The Kier molecular flexibility index (Phi) is 4.75. The molecule has 0 aliphatic carbocycles. The van der Waals surface area contributed by atoms with E-state index in [2.05, 4.69) is 28.6 Å². The first-order valence-corrected chi connectivity index (χ1v) is 5.82. The largest absolute Gasteiger partial charge is 0.324 e. The van der Waals surface area contributed by atoms with Crippen LogP contribution in [0.15, 0.2) is 0 Å². The topological polar surface area (TPSA) is 56.7 Å². The van der Waals surface area contributed by atoms with Gasteiger partial charge in [0.25, 0.3) is 0 Å². The monoisotopic (exact) mass is 210 g/mol. The number of hydrogen-bond donors (Lipinski definition) is 1. The summed E-state index contributed by atoms with van der Waals surface area (Å²) in [6, 6.07) is 0. The quantitative estimate of drug-likeness (QED) is 0.781. The van der Waals surface area contributed by atoms with Crippen LogP contribution in [0, 0.1) is 0 Å². The van der Waals surface area contributed by atoms with Gasteiger partial charge in [0, 0.05) is 13.0 Å². The summed E-state index contributed by atoms with van der Waals surface area (Å²) < 4.78 is 2.05. The van der Waals surface area contributed by atoms with Crippen molar-refractivity contribution in [1.29, 1.82) is 0 Å². The van der Waals surface area contributed by atoms with E-state index in [9.17, 15) is 0 Å². The molecule has 0 saturated carbocycles. The highest BCUT2D eigenvalue weighted by Crippen LogP contribution is 2.24. The summed E-state index contributed by atoms with van der Waals surface area (Å²) in [6.07, 6.45) is 4.75. The maximum atomic E-state index is 5.59. The summed E-state index contributed by atoms with van der Waals surface area (Å²) in [4.78, 5) is 0. The fourth-order valence-corrected chi connectivity index (χ4v) is 2.01. The van der Waals surface area contributed by atoms with E-state index in [4.69, 9.17) is 5.73 Å². The van der Waals surface area contributed by atoms with Crippen LogP contribution in [-0.4, -0.2) is 14.8 Å². The highest BCUT2D eigenvalue weighted by molar-refractivity contribution is 5.01. The van der Waals surface area contributed by atoms with Crippen molar-refractivity contribution in [2.24, 2.45) is 12.8 Å². The van der Waals surface area contributed by atoms with Crippen molar-refractivity contribution in [3.8, 4) is 0 Å². The average molecular weight is 210 g/mol. The second kappa shape index (κ2) is 5.85. The summed E-state index contributed by atoms with van der Waals surface area (Å²) in [5.41, 5.74) is 5.59. The van der Waals surface area contributed by atoms with Crippen LogP contribution in [0.2, 0.25) is 0 Å². The third kappa shape index (κ3) is 2.78. The molecule has 0 saturated heterocycles. The van der Waals surface area contributed by atoms with Crippen molar-refractivity contribution in [2.75, 3.05) is 0 Å². The van der Waals surface area contributed by atoms with Crippen LogP contribution < -0.4 is 5.73 Å². The minimum absolute atomic E-state index is 0.467. The molecule has 0 atom stereocenters. The second-order valence-electron chi connectivity index (χ2n) is 4.01. The van der Waals surface area contributed by atoms with Gasteiger partial charge in [-0.1, -0.05) is 26.7 Å². The van der Waals surface area contributed by atoms with Gasteiger partial charge in [-0.2, -0.15) is 0 Å². The molecule has 86 valence electrons. The molecule has 4 nitrogen and oxygen atoms in total. The van der Waals surface area contributed by atoms with E-state index in [-0.39, 0.29) is 0 Å². The Labute approximate surface area is 91.9 Å². The minimum atomic E-state index is 0.467. The number of nitrogens with two attached hydrogens (primary N) is 1. The number of hydrogen-bond acceptors (Lipinski definition) is 3. The third-order valence-electron chi connectivity index (χ3n) is 2.82. The first-order valence-electron chi connectivity index (χ1n) is 5.82. The third-order valence-corrected chi connectivity index (χ3v) is 2.82. The molecule has 1 heterocycles. The Morgan fingerprint density at radius 3 is 2.20 bits per heavy atom. The van der Waals surface area contributed by atoms with E-state index in [1.807, 2.05) is 7.05 Å². The Bertz CT molecular complexity index is 287. The molecular formula is C11H22N4. The first kappa shape index (κ1) is 12.2. The Hall–Kier alpha value is -0.900. The lowest BCUT2D eigenvalue weighted by Crippen LogP contribution is -2.10. The van der Waals surface area contributed by atoms with Gasteiger partial charge in [0.2, 0.25) is 0 Å². The minimum Gasteiger partial charge on any atom is -0.324 e. The molecule has 4 heteroatoms. The van der Waals surface area contributed by atoms with E-state index < -0.39 is 0 Å². The maximum absolute atomic E-state index is 5.59. The van der Waals surface area contributed by atoms with Crippen LogP contribution in [0.25, 0.3) is 0 Å². The summed E-state index contributed by atoms with van der Waals surface area (Å²) in [7, 11) is 2.01. The van der Waals surface area contributed by atoms with Gasteiger partial charge in [-0.05, 0) is 12.8 Å². The fraction of sp³-hybridized carbons (Fsp3) is 0.818. The van der Waals surface area contributed by atoms with Gasteiger partial charge in [-0.25, -0.2) is 0 Å². The van der Waals surface area contributed by atoms with Gasteiger partial charge in [0.1, 0.15) is 11.6 Å². The van der Waals surface area contributed by atoms with Gasteiger partial charge in [0.15, 0.2) is 0 Å². The molecule has 0 bridgehead atoms. The Morgan fingerprint density at radius 2 is 1.80 bits per heavy atom. The average Bonchev–Trinajstić information content (AvgIpc) is 2.59. The van der Waals surface area contributed by atoms with Crippen molar-refractivity contribution >= 4 is 0 Å². The van der Waals surface area contributed by atoms with E-state index in [1.165, 1.54) is 25.7 Å². The SMILES string of the molecule is CCCC(CCC)c1nnc(CN)n1C. The molecule has 1 aromatic heterocycles. The Morgan fingerprint density at radius 1 is 1.20 bits per heavy atom. The lowest BCUT2D eigenvalue weighted by atomic mass is 9.97. The predicted octanol–water partition coefficient (Wildman–Crippen LogP) is 1.96. The molecule has 0 spiro atoms. The standard InChI is InChI=1S/C11H22N4/c1-4-6-9(7-5-2)11-14-13-10(8-12)15(11)3/h9H,4-8,12H2,1-3H3. The number of nitrogens with zero attached hydrogens (tertiary/aromatic N) is 3. The predicted molar refractivity (Wildman–Crippen MR) is 61.5 cm³/mol. The molecule has 1 aromatic rings. The van der Waals surface area contributed by atoms with Crippen molar-refractivity contribution in [3.63, 3.8) is 0 Å². The smallest absolute Gasteiger partial charge is 0.146 e. The zero-order valence-corrected chi connectivity index (χ0v) is 10.0. The molecule has 15 heavy (non-hydrogen) atoms. The van der Waals surface area contributed by atoms with Crippen molar-refractivity contribution in [3.05, 3.63) is 11.6 Å². The van der Waals surface area contributed by atoms with Gasteiger partial charge in [-0.3, -0.25) is 0 Å². The number of rotatable bonds is 6. The first-order chi connectivity index (χ1) is 7.24. The molecule has 0 radical (unpaired) electrons. The van der Waals surface area contributed by atoms with Crippen molar-refractivity contribution in [2.45, 2.75) is 52.0 Å². The van der Waals surface area contributed by atoms with Gasteiger partial charge >= 0.3 is 0 Å². The zero-order chi connectivity index (χ0) is 11.3. The lowest BCUT2D eigenvalue weighted by Gasteiger charge is -2.14. The van der Waals surface area contributed by atoms with Gasteiger partial charge < -0.3 is 10.3 Å². The van der Waals surface area contributed by atoms with E-state index in [0.29, 0.717) is 12.5 Å². The molecule has 0 aromatic carbocycles. The summed E-state index contributed by atoms with van der Waals surface area (Å²) in [5, 5.41) is 8.36. The summed E-state index contributed by atoms with van der Waals surface area (Å²) in [6.45, 7) is 4.89. The number of aromatic nitrogens is 3. The molecule has 2 N–H and O–H groups in total. The van der Waals surface area contributed by atoms with E-state index >= 15 is 0 Å². The maximum Gasteiger partial charge on any atom is 0.146 e. The lowest BCUT2D eigenvalue weighted by molar-refractivity contribution is 0.515. The molecule has 0 amide bonds. The molecule has 0 fully saturated rings. The second-order valence-corrected chi connectivity index (χ2v) is 4.01. The van der Waals surface area contributed by atoms with Crippen molar-refractivity contribution < 1.29 is 0 Å². The summed E-state index contributed by atoms with van der Waals surface area (Å²) in [5.74, 6) is 2.51. The fourth-order valence-electron chi connectivity index (χ4n) is 2.01. The van der Waals surface area contributed by atoms with Crippen LogP contribution in [0.4, 0.5) is 0 Å². The molecule has 1 rings (SSSR count). The molecular weight excluding hydrogens is 188 g/mol. The normalized spacial score (nSPS) is 11.3. The molecule has 0 unspecified atom stereocenters. The zero-order valence-electron chi connectivity index (χ0n) is 10.0. The van der Waals surface area contributed by atoms with Gasteiger partial charge in [-0.15, -0.1) is 10.2 Å². The highest BCUT2D eigenvalue weighted by Gasteiger charge is 2.17. The van der Waals surface area contributed by atoms with Crippen LogP contribution in [0.1, 0.15) is 57.1 Å². The Balaban J connectivity index is 2.84. The van der Waals surface area contributed by atoms with Gasteiger partial charge in [0.05, 0.1) is 6.54 Å². The van der Waals surface area contributed by atoms with E-state index in [0.717, 1.165) is 11.6 Å². The highest BCUT2D eigenvalue weighted by atomic mass is 15.3. The van der Waals surface area contributed by atoms with Crippen LogP contribution in [0.5, 0.6) is 0 Å². The molecule has 0 aliphatic heterocycles. The van der Waals surface area contributed by atoms with Crippen molar-refractivity contribution in [1.82, 2.24) is 14.8 Å². The van der Waals surface area contributed by atoms with E-state index in [1.54, 1.807) is 0 Å². The summed E-state index contributed by atoms with van der Waals surface area (Å²) >= 11 is 0. The van der Waals surface area contributed by atoms with Crippen LogP contribution >= 0.6 is 0 Å². The van der Waals surface area contributed by atoms with Crippen LogP contribution in [0.3, 0.4) is 0 Å². The van der Waals surface area contributed by atoms with Crippen LogP contribution in [-0.2, 0) is 13.6 Å².